The lowest BCUT2D eigenvalue weighted by Crippen LogP contribution is -2.07. The third kappa shape index (κ3) is 6.29. The van der Waals surface area contributed by atoms with E-state index in [-0.39, 0.29) is 6.61 Å². The van der Waals surface area contributed by atoms with Crippen LogP contribution in [0.25, 0.3) is 0 Å². The van der Waals surface area contributed by atoms with Crippen LogP contribution in [0.5, 0.6) is 5.75 Å². The monoisotopic (exact) mass is 248 g/mol. The molecule has 0 bridgehead atoms. The lowest BCUT2D eigenvalue weighted by molar-refractivity contribution is 0.101. The summed E-state index contributed by atoms with van der Waals surface area (Å²) in [6.45, 7) is 4.10. The molecule has 1 N–H and O–H groups in total. The van der Waals surface area contributed by atoms with Gasteiger partial charge in [0.25, 0.3) is 0 Å². The molecule has 0 spiro atoms. The average molecular weight is 248 g/mol. The maximum Gasteiger partial charge on any atom is 0.120 e. The van der Waals surface area contributed by atoms with Crippen LogP contribution < -0.4 is 4.74 Å². The maximum atomic E-state index is 8.64. The fourth-order valence-electron chi connectivity index (χ4n) is 1.35. The molecule has 3 heteroatoms. The molecular formula is C15H20O3. The molecule has 98 valence electrons. The van der Waals surface area contributed by atoms with Crippen LogP contribution >= 0.6 is 0 Å². The lowest BCUT2D eigenvalue weighted by atomic mass is 10.2. The fraction of sp³-hybridized carbons (Fsp3) is 0.467. The van der Waals surface area contributed by atoms with Crippen molar-refractivity contribution >= 4 is 0 Å². The molecule has 0 radical (unpaired) electrons. The number of hydrogen-bond acceptors (Lipinski definition) is 3. The summed E-state index contributed by atoms with van der Waals surface area (Å²) in [6.07, 6.45) is 1.52. The van der Waals surface area contributed by atoms with Crippen LogP contribution in [0.1, 0.15) is 25.3 Å². The van der Waals surface area contributed by atoms with E-state index in [1.807, 2.05) is 24.3 Å². The van der Waals surface area contributed by atoms with E-state index in [1.165, 1.54) is 0 Å². The van der Waals surface area contributed by atoms with Crippen molar-refractivity contribution in [3.63, 3.8) is 0 Å². The highest BCUT2D eigenvalue weighted by Gasteiger charge is 1.95. The molecule has 1 aromatic carbocycles. The first-order valence-electron chi connectivity index (χ1n) is 6.27. The van der Waals surface area contributed by atoms with Crippen LogP contribution in [0.3, 0.4) is 0 Å². The number of ether oxygens (including phenoxy) is 2. The Balaban J connectivity index is 2.38. The summed E-state index contributed by atoms with van der Waals surface area (Å²) in [5.41, 5.74) is 0.899. The van der Waals surface area contributed by atoms with Crippen molar-refractivity contribution in [1.29, 1.82) is 0 Å². The van der Waals surface area contributed by atoms with Gasteiger partial charge < -0.3 is 14.6 Å². The quantitative estimate of drug-likeness (QED) is 0.594. The first-order valence-corrected chi connectivity index (χ1v) is 6.27. The minimum Gasteiger partial charge on any atom is -0.491 e. The Morgan fingerprint density at radius 1 is 1.22 bits per heavy atom. The van der Waals surface area contributed by atoms with E-state index in [0.717, 1.165) is 24.3 Å². The van der Waals surface area contributed by atoms with Crippen LogP contribution in [-0.4, -0.2) is 31.5 Å². The van der Waals surface area contributed by atoms with E-state index < -0.39 is 0 Å². The van der Waals surface area contributed by atoms with Crippen LogP contribution in [0.4, 0.5) is 0 Å². The van der Waals surface area contributed by atoms with Crippen LogP contribution in [-0.2, 0) is 4.74 Å². The average Bonchev–Trinajstić information content (AvgIpc) is 2.39. The first-order chi connectivity index (χ1) is 8.86. The van der Waals surface area contributed by atoms with E-state index in [4.69, 9.17) is 14.6 Å². The molecule has 0 fully saturated rings. The van der Waals surface area contributed by atoms with Gasteiger partial charge in [0.05, 0.1) is 13.2 Å². The number of hydrogen-bond donors (Lipinski definition) is 1. The number of aliphatic hydroxyl groups is 1. The second-order valence-electron chi connectivity index (χ2n) is 3.76. The summed E-state index contributed by atoms with van der Waals surface area (Å²) in [6, 6.07) is 7.62. The molecule has 0 unspecified atom stereocenters. The maximum absolute atomic E-state index is 8.64. The van der Waals surface area contributed by atoms with E-state index in [0.29, 0.717) is 19.6 Å². The Hall–Kier alpha value is -1.50. The van der Waals surface area contributed by atoms with Gasteiger partial charge in [-0.25, -0.2) is 0 Å². The topological polar surface area (TPSA) is 38.7 Å². The molecule has 0 aliphatic rings. The highest BCUT2D eigenvalue weighted by atomic mass is 16.5. The molecule has 0 heterocycles. The van der Waals surface area contributed by atoms with Gasteiger partial charge in [-0.05, 0) is 24.6 Å². The van der Waals surface area contributed by atoms with Crippen LogP contribution in [0, 0.1) is 11.8 Å². The van der Waals surface area contributed by atoms with Gasteiger partial charge in [0.2, 0.25) is 0 Å². The van der Waals surface area contributed by atoms with E-state index >= 15 is 0 Å². The SMILES string of the molecule is CCCOCCOc1cccc(C#CCCO)c1. The predicted molar refractivity (Wildman–Crippen MR) is 71.6 cm³/mol. The normalized spacial score (nSPS) is 9.67. The Labute approximate surface area is 109 Å². The van der Waals surface area contributed by atoms with Gasteiger partial charge in [-0.15, -0.1) is 0 Å². The summed E-state index contributed by atoms with van der Waals surface area (Å²) in [5.74, 6) is 6.65. The fourth-order valence-corrected chi connectivity index (χ4v) is 1.35. The van der Waals surface area contributed by atoms with E-state index in [2.05, 4.69) is 18.8 Å². The third-order valence-electron chi connectivity index (χ3n) is 2.15. The summed E-state index contributed by atoms with van der Waals surface area (Å²) in [5, 5.41) is 8.64. The van der Waals surface area contributed by atoms with Gasteiger partial charge in [-0.1, -0.05) is 24.8 Å². The highest BCUT2D eigenvalue weighted by Crippen LogP contribution is 2.12. The van der Waals surface area contributed by atoms with Gasteiger partial charge >= 0.3 is 0 Å². The van der Waals surface area contributed by atoms with E-state index in [9.17, 15) is 0 Å². The molecule has 1 rings (SSSR count). The zero-order valence-corrected chi connectivity index (χ0v) is 10.8. The van der Waals surface area contributed by atoms with Gasteiger partial charge in [0.15, 0.2) is 0 Å². The number of benzene rings is 1. The molecule has 0 aromatic heterocycles. The third-order valence-corrected chi connectivity index (χ3v) is 2.15. The van der Waals surface area contributed by atoms with E-state index in [1.54, 1.807) is 0 Å². The minimum atomic E-state index is 0.0952. The summed E-state index contributed by atoms with van der Waals surface area (Å²) < 4.78 is 10.9. The molecule has 1 aromatic rings. The summed E-state index contributed by atoms with van der Waals surface area (Å²) in [7, 11) is 0. The van der Waals surface area contributed by atoms with Gasteiger partial charge in [0, 0.05) is 18.6 Å². The molecule has 0 saturated heterocycles. The van der Waals surface area contributed by atoms with Crippen molar-refractivity contribution in [1.82, 2.24) is 0 Å². The molecule has 0 aliphatic heterocycles. The minimum absolute atomic E-state index is 0.0952. The van der Waals surface area contributed by atoms with Crippen molar-refractivity contribution in [3.8, 4) is 17.6 Å². The van der Waals surface area contributed by atoms with Gasteiger partial charge in [0.1, 0.15) is 12.4 Å². The van der Waals surface area contributed by atoms with Gasteiger partial charge in [-0.3, -0.25) is 0 Å². The molecule has 0 saturated carbocycles. The smallest absolute Gasteiger partial charge is 0.120 e. The molecule has 0 atom stereocenters. The Morgan fingerprint density at radius 2 is 2.11 bits per heavy atom. The second-order valence-corrected chi connectivity index (χ2v) is 3.76. The summed E-state index contributed by atoms with van der Waals surface area (Å²) in [4.78, 5) is 0. The number of rotatable bonds is 7. The Morgan fingerprint density at radius 3 is 2.89 bits per heavy atom. The standard InChI is InChI=1S/C15H20O3/c1-2-10-17-11-12-18-15-8-5-7-14(13-15)6-3-4-9-16/h5,7-8,13,16H,2,4,9-12H2,1H3. The lowest BCUT2D eigenvalue weighted by Gasteiger charge is -2.06. The van der Waals surface area contributed by atoms with Crippen LogP contribution in [0.2, 0.25) is 0 Å². The zero-order chi connectivity index (χ0) is 13.1. The molecule has 3 nitrogen and oxygen atoms in total. The molecular weight excluding hydrogens is 228 g/mol. The zero-order valence-electron chi connectivity index (χ0n) is 10.8. The summed E-state index contributed by atoms with van der Waals surface area (Å²) >= 11 is 0. The molecule has 18 heavy (non-hydrogen) atoms. The number of aliphatic hydroxyl groups excluding tert-OH is 1. The van der Waals surface area contributed by atoms with Crippen molar-refractivity contribution < 1.29 is 14.6 Å². The van der Waals surface area contributed by atoms with Crippen molar-refractivity contribution in [2.75, 3.05) is 26.4 Å². The second kappa shape index (κ2) is 9.52. The van der Waals surface area contributed by atoms with Crippen LogP contribution in [0.15, 0.2) is 24.3 Å². The molecule has 0 aliphatic carbocycles. The van der Waals surface area contributed by atoms with Crippen molar-refractivity contribution in [3.05, 3.63) is 29.8 Å². The predicted octanol–water partition coefficient (Wildman–Crippen LogP) is 2.23. The highest BCUT2D eigenvalue weighted by molar-refractivity contribution is 5.39. The molecule has 0 amide bonds. The Kier molecular flexibility index (Phi) is 7.70. The largest absolute Gasteiger partial charge is 0.491 e. The van der Waals surface area contributed by atoms with Gasteiger partial charge in [-0.2, -0.15) is 0 Å². The van der Waals surface area contributed by atoms with Crippen molar-refractivity contribution in [2.24, 2.45) is 0 Å². The van der Waals surface area contributed by atoms with Crippen molar-refractivity contribution in [2.45, 2.75) is 19.8 Å². The Bertz CT molecular complexity index is 390. The first kappa shape index (κ1) is 14.6.